The molecule has 0 saturated carbocycles. The smallest absolute Gasteiger partial charge is 0.303 e. The first-order valence-electron chi connectivity index (χ1n) is 13.9. The number of hydrogen-bond acceptors (Lipinski definition) is 5. The summed E-state index contributed by atoms with van der Waals surface area (Å²) in [6.07, 6.45) is -1.30. The minimum Gasteiger partial charge on any atom is -0.481 e. The number of carboxylic acid groups (broad SMARTS) is 1. The molecule has 216 valence electrons. The molecule has 0 aromatic heterocycles. The molecule has 2 aliphatic heterocycles. The number of aryl methyl sites for hydroxylation is 1. The van der Waals surface area contributed by atoms with Crippen molar-refractivity contribution in [2.24, 2.45) is 5.92 Å². The van der Waals surface area contributed by atoms with Crippen molar-refractivity contribution in [3.05, 3.63) is 77.9 Å². The van der Waals surface area contributed by atoms with E-state index in [-0.39, 0.29) is 42.5 Å². The second kappa shape index (κ2) is 11.3. The van der Waals surface area contributed by atoms with E-state index in [0.29, 0.717) is 6.54 Å². The predicted molar refractivity (Wildman–Crippen MR) is 154 cm³/mol. The Hall–Kier alpha value is -3.76. The maximum Gasteiger partial charge on any atom is 0.303 e. The van der Waals surface area contributed by atoms with Gasteiger partial charge in [-0.2, -0.15) is 4.31 Å². The van der Waals surface area contributed by atoms with Crippen LogP contribution in [-0.2, 0) is 30.8 Å². The second-order valence-electron chi connectivity index (χ2n) is 11.4. The molecule has 3 atom stereocenters. The first-order valence-corrected chi connectivity index (χ1v) is 15.3. The van der Waals surface area contributed by atoms with Crippen molar-refractivity contribution in [1.29, 1.82) is 0 Å². The molecule has 0 aliphatic carbocycles. The summed E-state index contributed by atoms with van der Waals surface area (Å²) >= 11 is 0. The number of fused-ring (bicyclic) bond motifs is 2. The monoisotopic (exact) mass is 577 g/mol. The van der Waals surface area contributed by atoms with Crippen LogP contribution in [0.5, 0.6) is 0 Å². The van der Waals surface area contributed by atoms with Gasteiger partial charge in [-0.05, 0) is 47.7 Å². The number of sulfonamides is 1. The summed E-state index contributed by atoms with van der Waals surface area (Å²) in [7, 11) is -4.26. The average Bonchev–Trinajstić information content (AvgIpc) is 3.21. The third-order valence-corrected chi connectivity index (χ3v) is 9.74. The number of benzene rings is 3. The minimum atomic E-state index is -4.26. The Labute approximate surface area is 240 Å². The molecule has 0 spiro atoms. The van der Waals surface area contributed by atoms with E-state index in [1.807, 2.05) is 69.3 Å². The molecule has 2 amide bonds. The number of hydrogen-bond donors (Lipinski definition) is 1. The van der Waals surface area contributed by atoms with Crippen molar-refractivity contribution in [2.75, 3.05) is 13.1 Å². The zero-order chi connectivity index (χ0) is 29.5. The van der Waals surface area contributed by atoms with E-state index in [2.05, 4.69) is 0 Å². The lowest BCUT2D eigenvalue weighted by Crippen LogP contribution is -2.64. The Bertz CT molecular complexity index is 1590. The molecule has 2 aliphatic rings. The summed E-state index contributed by atoms with van der Waals surface area (Å²) in [5.74, 6) is -1.77. The third-order valence-electron chi connectivity index (χ3n) is 7.84. The Kier molecular flexibility index (Phi) is 7.89. The Morgan fingerprint density at radius 3 is 2.29 bits per heavy atom. The number of carbonyl (C=O) groups excluding carboxylic acids is 2. The van der Waals surface area contributed by atoms with Crippen LogP contribution in [-0.4, -0.2) is 76.8 Å². The molecule has 0 unspecified atom stereocenters. The SMILES string of the molecule is Cc1ccc(C[C@H]2C(=O)N(CC(C)C)C[C@H]3N2C(=O)[C@H](CCC(=O)O)N3S(=O)(=O)c2ccc3ccccc3c2)cc1. The normalized spacial score (nSPS) is 21.6. The standard InChI is InChI=1S/C31H35N3O6S/c1-20(2)18-32-19-28-33(27(30(32)37)16-22-10-8-21(3)9-11-22)31(38)26(14-15-29(35)36)34(28)41(39,40)25-13-12-23-6-4-5-7-24(23)17-25/h4-13,17,20,26-28H,14-16,18-19H2,1-3H3,(H,35,36)/t26-,27-,28-/m0/s1. The number of carbonyl (C=O) groups is 3. The van der Waals surface area contributed by atoms with E-state index < -0.39 is 40.1 Å². The molecule has 5 rings (SSSR count). The van der Waals surface area contributed by atoms with Gasteiger partial charge in [-0.1, -0.05) is 74.0 Å². The molecule has 9 nitrogen and oxygen atoms in total. The van der Waals surface area contributed by atoms with Gasteiger partial charge in [0.25, 0.3) is 0 Å². The summed E-state index contributed by atoms with van der Waals surface area (Å²) in [6, 6.07) is 17.7. The fourth-order valence-corrected chi connectivity index (χ4v) is 7.71. The topological polar surface area (TPSA) is 115 Å². The maximum atomic E-state index is 14.3. The fraction of sp³-hybridized carbons (Fsp3) is 0.387. The van der Waals surface area contributed by atoms with E-state index in [0.717, 1.165) is 21.9 Å². The van der Waals surface area contributed by atoms with Gasteiger partial charge < -0.3 is 14.9 Å². The van der Waals surface area contributed by atoms with Crippen LogP contribution in [0.15, 0.2) is 71.6 Å². The van der Waals surface area contributed by atoms with Gasteiger partial charge in [0.05, 0.1) is 11.4 Å². The second-order valence-corrected chi connectivity index (χ2v) is 13.2. The van der Waals surface area contributed by atoms with Gasteiger partial charge in [-0.15, -0.1) is 0 Å². The first-order chi connectivity index (χ1) is 19.5. The highest BCUT2D eigenvalue weighted by Gasteiger charge is 2.58. The summed E-state index contributed by atoms with van der Waals surface area (Å²) in [5.41, 5.74) is 1.91. The quantitative estimate of drug-likeness (QED) is 0.415. The van der Waals surface area contributed by atoms with Gasteiger partial charge in [-0.3, -0.25) is 14.4 Å². The third kappa shape index (κ3) is 5.58. The van der Waals surface area contributed by atoms with Gasteiger partial charge in [0, 0.05) is 19.4 Å². The Morgan fingerprint density at radius 2 is 1.63 bits per heavy atom. The van der Waals surface area contributed by atoms with Crippen LogP contribution in [0.25, 0.3) is 10.8 Å². The highest BCUT2D eigenvalue weighted by atomic mass is 32.2. The fourth-order valence-electron chi connectivity index (χ4n) is 5.93. The molecule has 3 aromatic carbocycles. The van der Waals surface area contributed by atoms with Crippen molar-refractivity contribution in [2.45, 2.75) is 63.2 Å². The number of amides is 2. The molecular weight excluding hydrogens is 542 g/mol. The summed E-state index contributed by atoms with van der Waals surface area (Å²) in [4.78, 5) is 42.5. The molecule has 3 aromatic rings. The van der Waals surface area contributed by atoms with Crippen molar-refractivity contribution < 1.29 is 27.9 Å². The van der Waals surface area contributed by atoms with E-state index in [1.165, 1.54) is 15.3 Å². The van der Waals surface area contributed by atoms with Crippen LogP contribution in [0.4, 0.5) is 0 Å². The van der Waals surface area contributed by atoms with Crippen LogP contribution in [0, 0.1) is 12.8 Å². The molecule has 0 radical (unpaired) electrons. The molecular formula is C31H35N3O6S. The van der Waals surface area contributed by atoms with Gasteiger partial charge in [0.1, 0.15) is 18.2 Å². The van der Waals surface area contributed by atoms with Gasteiger partial charge in [-0.25, -0.2) is 8.42 Å². The molecule has 2 heterocycles. The van der Waals surface area contributed by atoms with Crippen molar-refractivity contribution >= 4 is 38.6 Å². The van der Waals surface area contributed by atoms with Crippen LogP contribution in [0.2, 0.25) is 0 Å². The average molecular weight is 578 g/mol. The van der Waals surface area contributed by atoms with E-state index >= 15 is 0 Å². The van der Waals surface area contributed by atoms with Gasteiger partial charge in [0.15, 0.2) is 0 Å². The molecule has 0 bridgehead atoms. The van der Waals surface area contributed by atoms with Crippen molar-refractivity contribution in [1.82, 2.24) is 14.1 Å². The number of rotatable bonds is 9. The van der Waals surface area contributed by atoms with E-state index in [4.69, 9.17) is 0 Å². The highest BCUT2D eigenvalue weighted by Crippen LogP contribution is 2.38. The van der Waals surface area contributed by atoms with Gasteiger partial charge >= 0.3 is 5.97 Å². The van der Waals surface area contributed by atoms with Crippen molar-refractivity contribution in [3.63, 3.8) is 0 Å². The molecule has 10 heteroatoms. The molecule has 2 saturated heterocycles. The van der Waals surface area contributed by atoms with Crippen LogP contribution < -0.4 is 0 Å². The van der Waals surface area contributed by atoms with E-state index in [9.17, 15) is 27.9 Å². The summed E-state index contributed by atoms with van der Waals surface area (Å²) in [6.45, 7) is 6.35. The maximum absolute atomic E-state index is 14.3. The van der Waals surface area contributed by atoms with Crippen LogP contribution in [0.1, 0.15) is 37.8 Å². The molecule has 2 fully saturated rings. The lowest BCUT2D eigenvalue weighted by Gasteiger charge is -2.44. The molecule has 41 heavy (non-hydrogen) atoms. The molecule has 1 N–H and O–H groups in total. The summed E-state index contributed by atoms with van der Waals surface area (Å²) < 4.78 is 29.9. The highest BCUT2D eigenvalue weighted by molar-refractivity contribution is 7.89. The Balaban J connectivity index is 1.61. The number of aliphatic carboxylic acids is 1. The summed E-state index contributed by atoms with van der Waals surface area (Å²) in [5, 5.41) is 11.0. The van der Waals surface area contributed by atoms with Gasteiger partial charge in [0.2, 0.25) is 21.8 Å². The lowest BCUT2D eigenvalue weighted by atomic mass is 9.99. The lowest BCUT2D eigenvalue weighted by molar-refractivity contribution is -0.153. The number of piperazine rings is 1. The first kappa shape index (κ1) is 28.8. The zero-order valence-corrected chi connectivity index (χ0v) is 24.3. The number of nitrogens with zero attached hydrogens (tertiary/aromatic N) is 3. The van der Waals surface area contributed by atoms with Crippen LogP contribution >= 0.6 is 0 Å². The predicted octanol–water partition coefficient (Wildman–Crippen LogP) is 3.65. The Morgan fingerprint density at radius 1 is 0.951 bits per heavy atom. The van der Waals surface area contributed by atoms with Crippen LogP contribution in [0.3, 0.4) is 0 Å². The zero-order valence-electron chi connectivity index (χ0n) is 23.4. The largest absolute Gasteiger partial charge is 0.481 e. The van der Waals surface area contributed by atoms with E-state index in [1.54, 1.807) is 17.0 Å². The van der Waals surface area contributed by atoms with Crippen molar-refractivity contribution in [3.8, 4) is 0 Å². The minimum absolute atomic E-state index is 0.0174. The number of carboxylic acids is 1.